The minimum atomic E-state index is -0.173. The van der Waals surface area contributed by atoms with E-state index in [4.69, 9.17) is 5.73 Å². The molecule has 1 aliphatic carbocycles. The Morgan fingerprint density at radius 2 is 2.00 bits per heavy atom. The van der Waals surface area contributed by atoms with Crippen LogP contribution >= 0.6 is 23.7 Å². The molecule has 1 aromatic heterocycles. The molecule has 1 fully saturated rings. The molecule has 6 heteroatoms. The van der Waals surface area contributed by atoms with Gasteiger partial charge in [-0.05, 0) is 37.0 Å². The van der Waals surface area contributed by atoms with Crippen LogP contribution in [-0.2, 0) is 13.0 Å². The molecule has 0 aliphatic heterocycles. The van der Waals surface area contributed by atoms with Gasteiger partial charge in [-0.3, -0.25) is 4.90 Å². The highest BCUT2D eigenvalue weighted by Gasteiger charge is 2.28. The fourth-order valence-corrected chi connectivity index (χ4v) is 3.06. The van der Waals surface area contributed by atoms with E-state index in [0.29, 0.717) is 11.2 Å². The van der Waals surface area contributed by atoms with Crippen molar-refractivity contribution in [1.29, 1.82) is 0 Å². The van der Waals surface area contributed by atoms with E-state index in [9.17, 15) is 4.39 Å². The van der Waals surface area contributed by atoms with Crippen molar-refractivity contribution < 1.29 is 4.39 Å². The number of anilines is 1. The lowest BCUT2D eigenvalue weighted by Crippen LogP contribution is -2.27. The van der Waals surface area contributed by atoms with Crippen molar-refractivity contribution in [3.05, 3.63) is 46.7 Å². The fourth-order valence-electron chi connectivity index (χ4n) is 2.35. The number of benzene rings is 1. The second kappa shape index (κ2) is 7.20. The Morgan fingerprint density at radius 3 is 2.57 bits per heavy atom. The molecule has 0 saturated heterocycles. The first-order valence-electron chi connectivity index (χ1n) is 6.89. The highest BCUT2D eigenvalue weighted by atomic mass is 35.5. The molecule has 3 nitrogen and oxygen atoms in total. The van der Waals surface area contributed by atoms with Gasteiger partial charge in [-0.15, -0.1) is 23.7 Å². The smallest absolute Gasteiger partial charge is 0.180 e. The quantitative estimate of drug-likeness (QED) is 0.883. The Morgan fingerprint density at radius 1 is 1.29 bits per heavy atom. The molecule has 2 aromatic rings. The van der Waals surface area contributed by atoms with Crippen molar-refractivity contribution in [2.75, 3.05) is 12.3 Å². The number of nitrogens with two attached hydrogens (primary N) is 1. The Kier molecular flexibility index (Phi) is 5.56. The summed E-state index contributed by atoms with van der Waals surface area (Å²) in [5, 5.41) is 0.634. The summed E-state index contributed by atoms with van der Waals surface area (Å²) < 4.78 is 12.9. The van der Waals surface area contributed by atoms with Crippen LogP contribution in [0.1, 0.15) is 23.3 Å². The lowest BCUT2D eigenvalue weighted by atomic mass is 10.1. The van der Waals surface area contributed by atoms with E-state index >= 15 is 0 Å². The van der Waals surface area contributed by atoms with Crippen LogP contribution in [0, 0.1) is 5.82 Å². The maximum absolute atomic E-state index is 12.9. The maximum atomic E-state index is 12.9. The predicted molar refractivity (Wildman–Crippen MR) is 87.3 cm³/mol. The van der Waals surface area contributed by atoms with E-state index < -0.39 is 0 Å². The predicted octanol–water partition coefficient (Wildman–Crippen LogP) is 3.49. The lowest BCUT2D eigenvalue weighted by Gasteiger charge is -2.21. The standard InChI is InChI=1S/C15H18FN3S.ClH/c16-12-3-1-11(2-4-12)7-8-19(13-5-6-13)10-14-9-18-15(17)20-14;/h1-4,9,13H,5-8,10H2,(H2,17,18);1H. The summed E-state index contributed by atoms with van der Waals surface area (Å²) in [5.74, 6) is -0.173. The summed E-state index contributed by atoms with van der Waals surface area (Å²) in [4.78, 5) is 7.80. The zero-order chi connectivity index (χ0) is 13.9. The molecule has 114 valence electrons. The van der Waals surface area contributed by atoms with Crippen LogP contribution in [0.25, 0.3) is 0 Å². The Hall–Kier alpha value is -1.17. The van der Waals surface area contributed by atoms with Gasteiger partial charge < -0.3 is 5.73 Å². The van der Waals surface area contributed by atoms with Gasteiger partial charge in [0.15, 0.2) is 5.13 Å². The van der Waals surface area contributed by atoms with Crippen LogP contribution in [0.3, 0.4) is 0 Å². The Balaban J connectivity index is 0.00000161. The largest absolute Gasteiger partial charge is 0.375 e. The second-order valence-electron chi connectivity index (χ2n) is 5.24. The molecule has 0 bridgehead atoms. The van der Waals surface area contributed by atoms with Gasteiger partial charge in [-0.1, -0.05) is 12.1 Å². The van der Waals surface area contributed by atoms with Crippen molar-refractivity contribution in [1.82, 2.24) is 9.88 Å². The number of aromatic nitrogens is 1. The molecule has 1 heterocycles. The van der Waals surface area contributed by atoms with Gasteiger partial charge in [0.25, 0.3) is 0 Å². The van der Waals surface area contributed by atoms with Crippen LogP contribution < -0.4 is 5.73 Å². The number of thiazole rings is 1. The second-order valence-corrected chi connectivity index (χ2v) is 6.39. The van der Waals surface area contributed by atoms with E-state index in [1.807, 2.05) is 18.3 Å². The van der Waals surface area contributed by atoms with Gasteiger partial charge in [0.05, 0.1) is 0 Å². The summed E-state index contributed by atoms with van der Waals surface area (Å²) in [7, 11) is 0. The van der Waals surface area contributed by atoms with Crippen LogP contribution in [-0.4, -0.2) is 22.5 Å². The Bertz CT molecular complexity index is 569. The van der Waals surface area contributed by atoms with Gasteiger partial charge in [0.2, 0.25) is 0 Å². The van der Waals surface area contributed by atoms with Crippen LogP contribution in [0.15, 0.2) is 30.5 Å². The number of halogens is 2. The normalized spacial score (nSPS) is 14.2. The summed E-state index contributed by atoms with van der Waals surface area (Å²) in [6.07, 6.45) is 5.37. The van der Waals surface area contributed by atoms with E-state index in [0.717, 1.165) is 19.5 Å². The highest BCUT2D eigenvalue weighted by Crippen LogP contribution is 2.29. The molecule has 1 saturated carbocycles. The first-order chi connectivity index (χ1) is 9.70. The summed E-state index contributed by atoms with van der Waals surface area (Å²) in [6, 6.07) is 7.48. The molecule has 0 spiro atoms. The first kappa shape index (κ1) is 16.2. The topological polar surface area (TPSA) is 42.1 Å². The zero-order valence-corrected chi connectivity index (χ0v) is 13.3. The van der Waals surface area contributed by atoms with Gasteiger partial charge in [-0.25, -0.2) is 9.37 Å². The molecule has 2 N–H and O–H groups in total. The van der Waals surface area contributed by atoms with E-state index in [1.54, 1.807) is 11.3 Å². The molecule has 3 rings (SSSR count). The molecule has 0 unspecified atom stereocenters. The third-order valence-electron chi connectivity index (χ3n) is 3.59. The lowest BCUT2D eigenvalue weighted by molar-refractivity contribution is 0.260. The summed E-state index contributed by atoms with van der Waals surface area (Å²) in [6.45, 7) is 1.91. The minimum absolute atomic E-state index is 0. The molecule has 0 radical (unpaired) electrons. The van der Waals surface area contributed by atoms with Crippen molar-refractivity contribution in [2.45, 2.75) is 31.8 Å². The van der Waals surface area contributed by atoms with E-state index in [-0.39, 0.29) is 18.2 Å². The molecular weight excluding hydrogens is 309 g/mol. The Labute approximate surface area is 134 Å². The number of rotatable bonds is 6. The summed E-state index contributed by atoms with van der Waals surface area (Å²) >= 11 is 1.56. The average molecular weight is 328 g/mol. The fraction of sp³-hybridized carbons (Fsp3) is 0.400. The highest BCUT2D eigenvalue weighted by molar-refractivity contribution is 7.15. The van der Waals surface area contributed by atoms with Crippen molar-refractivity contribution in [2.24, 2.45) is 0 Å². The number of hydrogen-bond donors (Lipinski definition) is 1. The molecule has 21 heavy (non-hydrogen) atoms. The average Bonchev–Trinajstić information content (AvgIpc) is 3.20. The third kappa shape index (κ3) is 4.66. The van der Waals surface area contributed by atoms with E-state index in [2.05, 4.69) is 9.88 Å². The SMILES string of the molecule is Cl.Nc1ncc(CN(CCc2ccc(F)cc2)C2CC2)s1. The van der Waals surface area contributed by atoms with Gasteiger partial charge in [-0.2, -0.15) is 0 Å². The molecule has 1 aliphatic rings. The zero-order valence-electron chi connectivity index (χ0n) is 11.7. The number of hydrogen-bond acceptors (Lipinski definition) is 4. The summed E-state index contributed by atoms with van der Waals surface area (Å²) in [5.41, 5.74) is 6.86. The van der Waals surface area contributed by atoms with Gasteiger partial charge in [0, 0.05) is 30.2 Å². The van der Waals surface area contributed by atoms with Crippen molar-refractivity contribution in [3.63, 3.8) is 0 Å². The number of nitrogen functional groups attached to an aromatic ring is 1. The molecule has 1 aromatic carbocycles. The minimum Gasteiger partial charge on any atom is -0.375 e. The van der Waals surface area contributed by atoms with Crippen LogP contribution in [0.4, 0.5) is 9.52 Å². The van der Waals surface area contributed by atoms with Crippen molar-refractivity contribution in [3.8, 4) is 0 Å². The van der Waals surface area contributed by atoms with Crippen LogP contribution in [0.2, 0.25) is 0 Å². The number of nitrogens with zero attached hydrogens (tertiary/aromatic N) is 2. The maximum Gasteiger partial charge on any atom is 0.180 e. The van der Waals surface area contributed by atoms with E-state index in [1.165, 1.54) is 35.4 Å². The monoisotopic (exact) mass is 327 g/mol. The van der Waals surface area contributed by atoms with Crippen LogP contribution in [0.5, 0.6) is 0 Å². The third-order valence-corrected chi connectivity index (χ3v) is 4.41. The molecular formula is C15H19ClFN3S. The first-order valence-corrected chi connectivity index (χ1v) is 7.71. The molecule has 0 atom stereocenters. The van der Waals surface area contributed by atoms with Gasteiger partial charge in [0.1, 0.15) is 5.82 Å². The molecule has 0 amide bonds. The van der Waals surface area contributed by atoms with Gasteiger partial charge >= 0.3 is 0 Å². The van der Waals surface area contributed by atoms with Crippen molar-refractivity contribution >= 4 is 28.9 Å².